The van der Waals surface area contributed by atoms with Crippen molar-refractivity contribution < 1.29 is 14.6 Å². The second kappa shape index (κ2) is 6.55. The van der Waals surface area contributed by atoms with Gasteiger partial charge < -0.3 is 24.2 Å². The van der Waals surface area contributed by atoms with Crippen molar-refractivity contribution in [2.45, 2.75) is 33.0 Å². The van der Waals surface area contributed by atoms with Crippen LogP contribution in [0.5, 0.6) is 0 Å². The van der Waals surface area contributed by atoms with Crippen LogP contribution in [0, 0.1) is 0 Å². The van der Waals surface area contributed by atoms with E-state index in [0.29, 0.717) is 18.9 Å². The zero-order valence-electron chi connectivity index (χ0n) is 15.3. The van der Waals surface area contributed by atoms with Crippen LogP contribution >= 0.6 is 0 Å². The highest BCUT2D eigenvalue weighted by Crippen LogP contribution is 2.28. The molecule has 1 N–H and O–H groups in total. The third-order valence-electron chi connectivity index (χ3n) is 4.38. The number of aryl methyl sites for hydroxylation is 1. The van der Waals surface area contributed by atoms with Gasteiger partial charge in [-0.05, 0) is 32.9 Å². The average Bonchev–Trinajstić information content (AvgIpc) is 2.90. The van der Waals surface area contributed by atoms with E-state index in [1.165, 1.54) is 0 Å². The minimum absolute atomic E-state index is 0.0863. The van der Waals surface area contributed by atoms with Gasteiger partial charge in [-0.25, -0.2) is 9.78 Å². The second-order valence-corrected chi connectivity index (χ2v) is 7.34. The number of benzene rings is 1. The molecule has 2 aromatic rings. The number of piperazine rings is 1. The highest BCUT2D eigenvalue weighted by atomic mass is 16.6. The molecule has 1 amide bonds. The second-order valence-electron chi connectivity index (χ2n) is 7.34. The Morgan fingerprint density at radius 2 is 1.92 bits per heavy atom. The molecular weight excluding hydrogens is 320 g/mol. The number of rotatable bonds is 2. The molecule has 1 aromatic heterocycles. The lowest BCUT2D eigenvalue weighted by atomic mass is 10.2. The number of nitrogens with zero attached hydrogens (tertiary/aromatic N) is 4. The Hall–Kier alpha value is -2.28. The molecule has 0 spiro atoms. The predicted octanol–water partition coefficient (Wildman–Crippen LogP) is 2.12. The summed E-state index contributed by atoms with van der Waals surface area (Å²) in [6.45, 7) is 8.26. The smallest absolute Gasteiger partial charge is 0.410 e. The molecule has 7 heteroatoms. The molecule has 0 unspecified atom stereocenters. The van der Waals surface area contributed by atoms with E-state index in [1.54, 1.807) is 4.90 Å². The van der Waals surface area contributed by atoms with E-state index in [-0.39, 0.29) is 12.7 Å². The van der Waals surface area contributed by atoms with Gasteiger partial charge in [0, 0.05) is 33.2 Å². The normalized spacial score (nSPS) is 15.7. The number of amides is 1. The van der Waals surface area contributed by atoms with E-state index in [9.17, 15) is 9.90 Å². The van der Waals surface area contributed by atoms with Crippen LogP contribution in [0.4, 0.5) is 10.5 Å². The summed E-state index contributed by atoms with van der Waals surface area (Å²) in [6, 6.07) is 6.00. The van der Waals surface area contributed by atoms with Crippen LogP contribution in [0.2, 0.25) is 0 Å². The zero-order valence-corrected chi connectivity index (χ0v) is 15.3. The van der Waals surface area contributed by atoms with Crippen molar-refractivity contribution in [1.29, 1.82) is 0 Å². The van der Waals surface area contributed by atoms with E-state index in [0.717, 1.165) is 29.8 Å². The fraction of sp³-hybridized carbons (Fsp3) is 0.556. The zero-order chi connectivity index (χ0) is 18.2. The van der Waals surface area contributed by atoms with Gasteiger partial charge in [0.15, 0.2) is 0 Å². The third-order valence-corrected chi connectivity index (χ3v) is 4.38. The van der Waals surface area contributed by atoms with Gasteiger partial charge in [0.05, 0.1) is 16.7 Å². The largest absolute Gasteiger partial charge is 0.444 e. The molecule has 1 aliphatic rings. The van der Waals surface area contributed by atoms with Crippen LogP contribution in [-0.4, -0.2) is 57.4 Å². The van der Waals surface area contributed by atoms with E-state index in [4.69, 9.17) is 4.74 Å². The lowest BCUT2D eigenvalue weighted by Gasteiger charge is -2.37. The predicted molar refractivity (Wildman–Crippen MR) is 96.7 cm³/mol. The Labute approximate surface area is 147 Å². The number of para-hydroxylation sites is 1. The number of fused-ring (bicyclic) bond motifs is 1. The molecule has 7 nitrogen and oxygen atoms in total. The van der Waals surface area contributed by atoms with Gasteiger partial charge in [-0.15, -0.1) is 0 Å². The summed E-state index contributed by atoms with van der Waals surface area (Å²) in [5, 5.41) is 9.45. The average molecular weight is 346 g/mol. The number of anilines is 1. The van der Waals surface area contributed by atoms with Gasteiger partial charge in [-0.3, -0.25) is 0 Å². The minimum atomic E-state index is -0.477. The summed E-state index contributed by atoms with van der Waals surface area (Å²) in [4.78, 5) is 20.7. The molecule has 3 rings (SSSR count). The van der Waals surface area contributed by atoms with Crippen molar-refractivity contribution in [2.75, 3.05) is 31.1 Å². The summed E-state index contributed by atoms with van der Waals surface area (Å²) in [7, 11) is 1.92. The first-order chi connectivity index (χ1) is 11.8. The van der Waals surface area contributed by atoms with Crippen LogP contribution in [0.25, 0.3) is 11.0 Å². The van der Waals surface area contributed by atoms with Crippen molar-refractivity contribution in [3.05, 3.63) is 24.0 Å². The molecule has 1 saturated heterocycles. The Bertz CT molecular complexity index is 770. The SMILES string of the molecule is Cn1c(CO)nc2cccc(N3CCN(C(=O)OC(C)(C)C)CC3)c21. The molecule has 0 saturated carbocycles. The summed E-state index contributed by atoms with van der Waals surface area (Å²) < 4.78 is 7.39. The topological polar surface area (TPSA) is 70.8 Å². The van der Waals surface area contributed by atoms with Crippen LogP contribution in [0.15, 0.2) is 18.2 Å². The number of imidazole rings is 1. The van der Waals surface area contributed by atoms with Crippen molar-refractivity contribution in [3.8, 4) is 0 Å². The molecule has 25 heavy (non-hydrogen) atoms. The number of ether oxygens (including phenoxy) is 1. The number of hydrogen-bond donors (Lipinski definition) is 1. The number of aromatic nitrogens is 2. The molecule has 1 aromatic carbocycles. The third kappa shape index (κ3) is 3.56. The molecule has 2 heterocycles. The number of aliphatic hydroxyl groups is 1. The number of hydrogen-bond acceptors (Lipinski definition) is 5. The van der Waals surface area contributed by atoms with Gasteiger partial charge in [-0.2, -0.15) is 0 Å². The monoisotopic (exact) mass is 346 g/mol. The molecule has 0 radical (unpaired) electrons. The maximum absolute atomic E-state index is 12.2. The Balaban J connectivity index is 1.76. The van der Waals surface area contributed by atoms with Crippen LogP contribution < -0.4 is 4.90 Å². The summed E-state index contributed by atoms with van der Waals surface area (Å²) in [5.41, 5.74) is 2.49. The lowest BCUT2D eigenvalue weighted by molar-refractivity contribution is 0.0240. The first-order valence-electron chi connectivity index (χ1n) is 8.58. The number of carbonyl (C=O) groups is 1. The minimum Gasteiger partial charge on any atom is -0.444 e. The summed E-state index contributed by atoms with van der Waals surface area (Å²) in [5.74, 6) is 0.648. The van der Waals surface area contributed by atoms with Crippen LogP contribution in [-0.2, 0) is 18.4 Å². The molecule has 136 valence electrons. The van der Waals surface area contributed by atoms with E-state index < -0.39 is 5.60 Å². The molecule has 1 fully saturated rings. The highest BCUT2D eigenvalue weighted by Gasteiger charge is 2.27. The van der Waals surface area contributed by atoms with Crippen molar-refractivity contribution in [3.63, 3.8) is 0 Å². The molecular formula is C18H26N4O3. The number of aliphatic hydroxyl groups excluding tert-OH is 1. The van der Waals surface area contributed by atoms with Gasteiger partial charge in [-0.1, -0.05) is 6.07 Å². The summed E-state index contributed by atoms with van der Waals surface area (Å²) in [6.07, 6.45) is -0.256. The van der Waals surface area contributed by atoms with E-state index in [2.05, 4.69) is 16.0 Å². The lowest BCUT2D eigenvalue weighted by Crippen LogP contribution is -2.50. The van der Waals surface area contributed by atoms with Gasteiger partial charge in [0.2, 0.25) is 0 Å². The molecule has 0 aliphatic carbocycles. The van der Waals surface area contributed by atoms with Gasteiger partial charge in [0.1, 0.15) is 18.0 Å². The standard InChI is InChI=1S/C18H26N4O3/c1-18(2,3)25-17(24)22-10-8-21(9-11-22)14-7-5-6-13-16(14)20(4)15(12-23)19-13/h5-7,23H,8-12H2,1-4H3. The molecule has 1 aliphatic heterocycles. The number of carbonyl (C=O) groups excluding carboxylic acids is 1. The fourth-order valence-electron chi connectivity index (χ4n) is 3.15. The maximum atomic E-state index is 12.2. The first kappa shape index (κ1) is 17.5. The van der Waals surface area contributed by atoms with E-state index in [1.807, 2.05) is 44.5 Å². The van der Waals surface area contributed by atoms with Crippen molar-refractivity contribution >= 4 is 22.8 Å². The molecule has 0 atom stereocenters. The van der Waals surface area contributed by atoms with Gasteiger partial charge >= 0.3 is 6.09 Å². The Kier molecular flexibility index (Phi) is 4.60. The molecule has 0 bridgehead atoms. The first-order valence-corrected chi connectivity index (χ1v) is 8.58. The Morgan fingerprint density at radius 1 is 1.24 bits per heavy atom. The van der Waals surface area contributed by atoms with Gasteiger partial charge in [0.25, 0.3) is 0 Å². The van der Waals surface area contributed by atoms with E-state index >= 15 is 0 Å². The Morgan fingerprint density at radius 3 is 2.52 bits per heavy atom. The quantitative estimate of drug-likeness (QED) is 0.902. The maximum Gasteiger partial charge on any atom is 0.410 e. The van der Waals surface area contributed by atoms with Crippen molar-refractivity contribution in [2.24, 2.45) is 7.05 Å². The van der Waals surface area contributed by atoms with Crippen molar-refractivity contribution in [1.82, 2.24) is 14.5 Å². The van der Waals surface area contributed by atoms with Crippen LogP contribution in [0.1, 0.15) is 26.6 Å². The summed E-state index contributed by atoms with van der Waals surface area (Å²) >= 11 is 0. The fourth-order valence-corrected chi connectivity index (χ4v) is 3.15. The highest BCUT2D eigenvalue weighted by molar-refractivity contribution is 5.89. The van der Waals surface area contributed by atoms with Crippen LogP contribution in [0.3, 0.4) is 0 Å².